The number of hydrogen-bond acceptors (Lipinski definition) is 2. The Hall–Kier alpha value is -0.830. The average Bonchev–Trinajstić information content (AvgIpc) is 2.70. The number of aliphatic hydroxyl groups is 1. The molecule has 0 radical (unpaired) electrons. The lowest BCUT2D eigenvalue weighted by Gasteiger charge is -2.12. The molecule has 3 rings (SSSR count). The molecule has 0 aromatic carbocycles. The summed E-state index contributed by atoms with van der Waals surface area (Å²) in [4.78, 5) is 0. The molecule has 2 atom stereocenters. The van der Waals surface area contributed by atoms with Crippen LogP contribution in [0.1, 0.15) is 50.5 Å². The lowest BCUT2D eigenvalue weighted by Crippen LogP contribution is -2.13. The SMILES string of the molecule is CC1(n2cc(C3CCCC3O)cn2)CC1. The molecule has 0 amide bonds. The second kappa shape index (κ2) is 3.08. The minimum atomic E-state index is -0.144. The monoisotopic (exact) mass is 206 g/mol. The first-order valence-electron chi connectivity index (χ1n) is 5.92. The Bertz CT molecular complexity index is 367. The molecule has 15 heavy (non-hydrogen) atoms. The van der Waals surface area contributed by atoms with Gasteiger partial charge in [0.15, 0.2) is 0 Å². The molecule has 0 bridgehead atoms. The van der Waals surface area contributed by atoms with Gasteiger partial charge in [0.25, 0.3) is 0 Å². The fraction of sp³-hybridized carbons (Fsp3) is 0.750. The minimum absolute atomic E-state index is 0.144. The van der Waals surface area contributed by atoms with E-state index < -0.39 is 0 Å². The normalized spacial score (nSPS) is 33.2. The van der Waals surface area contributed by atoms with Gasteiger partial charge in [-0.2, -0.15) is 5.10 Å². The predicted octanol–water partition coefficient (Wildman–Crippen LogP) is 2.02. The van der Waals surface area contributed by atoms with E-state index in [0.717, 1.165) is 19.3 Å². The van der Waals surface area contributed by atoms with Gasteiger partial charge in [0.2, 0.25) is 0 Å². The predicted molar refractivity (Wildman–Crippen MR) is 57.7 cm³/mol. The highest BCUT2D eigenvalue weighted by Gasteiger charge is 2.40. The lowest BCUT2D eigenvalue weighted by atomic mass is 9.99. The van der Waals surface area contributed by atoms with Crippen LogP contribution in [0.4, 0.5) is 0 Å². The van der Waals surface area contributed by atoms with Crippen molar-refractivity contribution in [1.29, 1.82) is 0 Å². The minimum Gasteiger partial charge on any atom is -0.392 e. The van der Waals surface area contributed by atoms with Crippen LogP contribution < -0.4 is 0 Å². The lowest BCUT2D eigenvalue weighted by molar-refractivity contribution is 0.164. The molecule has 3 heteroatoms. The Balaban J connectivity index is 1.84. The molecule has 0 saturated heterocycles. The van der Waals surface area contributed by atoms with Gasteiger partial charge in [-0.1, -0.05) is 6.42 Å². The molecular weight excluding hydrogens is 188 g/mol. The van der Waals surface area contributed by atoms with E-state index in [1.165, 1.54) is 18.4 Å². The summed E-state index contributed by atoms with van der Waals surface area (Å²) in [6, 6.07) is 0. The average molecular weight is 206 g/mol. The molecule has 1 aromatic rings. The number of nitrogens with zero attached hydrogens (tertiary/aromatic N) is 2. The van der Waals surface area contributed by atoms with Crippen molar-refractivity contribution in [3.8, 4) is 0 Å². The maximum atomic E-state index is 9.83. The maximum Gasteiger partial charge on any atom is 0.0609 e. The summed E-state index contributed by atoms with van der Waals surface area (Å²) in [5, 5.41) is 14.3. The zero-order valence-corrected chi connectivity index (χ0v) is 9.19. The van der Waals surface area contributed by atoms with Gasteiger partial charge < -0.3 is 5.11 Å². The second-order valence-electron chi connectivity index (χ2n) is 5.32. The zero-order valence-electron chi connectivity index (χ0n) is 9.19. The number of hydrogen-bond donors (Lipinski definition) is 1. The van der Waals surface area contributed by atoms with Crippen molar-refractivity contribution in [3.63, 3.8) is 0 Å². The van der Waals surface area contributed by atoms with Crippen molar-refractivity contribution in [2.24, 2.45) is 0 Å². The van der Waals surface area contributed by atoms with E-state index in [1.807, 2.05) is 6.20 Å². The highest BCUT2D eigenvalue weighted by Crippen LogP contribution is 2.43. The summed E-state index contributed by atoms with van der Waals surface area (Å²) in [5.41, 5.74) is 1.51. The van der Waals surface area contributed by atoms with Gasteiger partial charge >= 0.3 is 0 Å². The van der Waals surface area contributed by atoms with Crippen molar-refractivity contribution in [2.45, 2.75) is 56.6 Å². The van der Waals surface area contributed by atoms with E-state index in [0.29, 0.717) is 5.92 Å². The van der Waals surface area contributed by atoms with E-state index in [2.05, 4.69) is 22.9 Å². The smallest absolute Gasteiger partial charge is 0.0609 e. The van der Waals surface area contributed by atoms with Crippen LogP contribution in [-0.2, 0) is 5.54 Å². The summed E-state index contributed by atoms with van der Waals surface area (Å²) in [7, 11) is 0. The number of rotatable bonds is 2. The van der Waals surface area contributed by atoms with Gasteiger partial charge in [-0.15, -0.1) is 0 Å². The van der Waals surface area contributed by atoms with E-state index in [-0.39, 0.29) is 11.6 Å². The second-order valence-corrected chi connectivity index (χ2v) is 5.32. The van der Waals surface area contributed by atoms with Crippen molar-refractivity contribution < 1.29 is 5.11 Å². The van der Waals surface area contributed by atoms with Gasteiger partial charge in [0.05, 0.1) is 17.8 Å². The molecule has 2 unspecified atom stereocenters. The first-order chi connectivity index (χ1) is 7.19. The highest BCUT2D eigenvalue weighted by atomic mass is 16.3. The summed E-state index contributed by atoms with van der Waals surface area (Å²) in [6.45, 7) is 2.24. The van der Waals surface area contributed by atoms with Crippen molar-refractivity contribution in [1.82, 2.24) is 9.78 Å². The van der Waals surface area contributed by atoms with Crippen LogP contribution in [-0.4, -0.2) is 21.0 Å². The largest absolute Gasteiger partial charge is 0.392 e. The summed E-state index contributed by atoms with van der Waals surface area (Å²) in [5.74, 6) is 0.334. The Morgan fingerprint density at radius 2 is 2.27 bits per heavy atom. The first kappa shape index (κ1) is 9.40. The third-order valence-corrected chi connectivity index (χ3v) is 4.04. The van der Waals surface area contributed by atoms with E-state index >= 15 is 0 Å². The molecule has 0 aliphatic heterocycles. The van der Waals surface area contributed by atoms with E-state index in [9.17, 15) is 5.11 Å². The molecule has 1 heterocycles. The fourth-order valence-corrected chi connectivity index (χ4v) is 2.56. The van der Waals surface area contributed by atoms with E-state index in [4.69, 9.17) is 0 Å². The molecule has 0 spiro atoms. The Kier molecular flexibility index (Phi) is 1.93. The van der Waals surface area contributed by atoms with Crippen molar-refractivity contribution in [3.05, 3.63) is 18.0 Å². The van der Waals surface area contributed by atoms with Crippen LogP contribution in [0.3, 0.4) is 0 Å². The highest BCUT2D eigenvalue weighted by molar-refractivity contribution is 5.17. The summed E-state index contributed by atoms with van der Waals surface area (Å²) >= 11 is 0. The van der Waals surface area contributed by atoms with Gasteiger partial charge in [-0.25, -0.2) is 0 Å². The Labute approximate surface area is 90.1 Å². The number of aliphatic hydroxyl groups excluding tert-OH is 1. The Morgan fingerprint density at radius 3 is 2.87 bits per heavy atom. The van der Waals surface area contributed by atoms with Crippen LogP contribution in [0.25, 0.3) is 0 Å². The molecule has 2 fully saturated rings. The van der Waals surface area contributed by atoms with Crippen LogP contribution in [0.15, 0.2) is 12.4 Å². The van der Waals surface area contributed by atoms with Gasteiger partial charge in [-0.3, -0.25) is 4.68 Å². The first-order valence-corrected chi connectivity index (χ1v) is 5.92. The molecule has 3 nitrogen and oxygen atoms in total. The molecule has 1 N–H and O–H groups in total. The quantitative estimate of drug-likeness (QED) is 0.804. The zero-order chi connectivity index (χ0) is 10.5. The van der Waals surface area contributed by atoms with Crippen LogP contribution >= 0.6 is 0 Å². The van der Waals surface area contributed by atoms with Crippen LogP contribution in [0, 0.1) is 0 Å². The van der Waals surface area contributed by atoms with Crippen LogP contribution in [0.2, 0.25) is 0 Å². The molecule has 2 aliphatic rings. The molecule has 1 aromatic heterocycles. The third-order valence-electron chi connectivity index (χ3n) is 4.04. The summed E-state index contributed by atoms with van der Waals surface area (Å²) < 4.78 is 2.09. The Morgan fingerprint density at radius 1 is 1.47 bits per heavy atom. The molecule has 2 saturated carbocycles. The van der Waals surface area contributed by atoms with Gasteiger partial charge in [0, 0.05) is 12.1 Å². The summed E-state index contributed by atoms with van der Waals surface area (Å²) in [6.07, 6.45) is 9.64. The standard InChI is InChI=1S/C12H18N2O/c1-12(5-6-12)14-8-9(7-13-14)10-3-2-4-11(10)15/h7-8,10-11,15H,2-6H2,1H3. The third kappa shape index (κ3) is 1.49. The van der Waals surface area contributed by atoms with Crippen molar-refractivity contribution in [2.75, 3.05) is 0 Å². The van der Waals surface area contributed by atoms with Crippen LogP contribution in [0.5, 0.6) is 0 Å². The molecule has 2 aliphatic carbocycles. The van der Waals surface area contributed by atoms with Gasteiger partial charge in [-0.05, 0) is 38.2 Å². The maximum absolute atomic E-state index is 9.83. The fourth-order valence-electron chi connectivity index (χ4n) is 2.56. The molecule has 82 valence electrons. The topological polar surface area (TPSA) is 38.0 Å². The molecular formula is C12H18N2O. The number of aromatic nitrogens is 2. The van der Waals surface area contributed by atoms with Crippen molar-refractivity contribution >= 4 is 0 Å². The van der Waals surface area contributed by atoms with E-state index in [1.54, 1.807) is 0 Å². The van der Waals surface area contributed by atoms with Gasteiger partial charge in [0.1, 0.15) is 0 Å².